The Bertz CT molecular complexity index is 3880. The van der Waals surface area contributed by atoms with Crippen LogP contribution in [0.5, 0.6) is 0 Å². The first-order valence-corrected chi connectivity index (χ1v) is 22.5. The fourth-order valence-corrected chi connectivity index (χ4v) is 11.3. The molecule has 0 fully saturated rings. The van der Waals surface area contributed by atoms with Gasteiger partial charge in [-0.1, -0.05) is 120 Å². The van der Waals surface area contributed by atoms with Crippen LogP contribution in [0.15, 0.2) is 148 Å². The van der Waals surface area contributed by atoms with Crippen molar-refractivity contribution < 1.29 is 8.83 Å². The van der Waals surface area contributed by atoms with Crippen LogP contribution in [0.2, 0.25) is 0 Å². The molecule has 1 aliphatic heterocycles. The lowest BCUT2D eigenvalue weighted by Crippen LogP contribution is -2.37. The van der Waals surface area contributed by atoms with Crippen molar-refractivity contribution in [1.29, 1.82) is 0 Å². The lowest BCUT2D eigenvalue weighted by molar-refractivity contribution is 0.590. The maximum atomic E-state index is 6.56. The van der Waals surface area contributed by atoms with Crippen molar-refractivity contribution in [2.75, 3.05) is 5.32 Å². The van der Waals surface area contributed by atoms with Crippen LogP contribution in [0.4, 0.5) is 11.4 Å². The molecule has 0 saturated carbocycles. The summed E-state index contributed by atoms with van der Waals surface area (Å²) in [6.45, 7) is 13.7. The molecular formula is C56H43BN2O2S. The molecule has 0 saturated heterocycles. The number of anilines is 2. The van der Waals surface area contributed by atoms with E-state index in [0.717, 1.165) is 62.5 Å². The third kappa shape index (κ3) is 5.20. The van der Waals surface area contributed by atoms with Gasteiger partial charge in [0, 0.05) is 86.7 Å². The zero-order valence-corrected chi connectivity index (χ0v) is 36.5. The SMILES string of the molecule is CC(C)(C)c1ccc(Nc2cc3sc4ccc(C(C)(C)C)cc4c3cc2-c2ccc3c4cc5oc6ccccc6c5cc4n4c3c2Bc2cc3c(cc2-4)oc2ccccc23)cc1. The molecule has 0 aliphatic carbocycles. The van der Waals surface area contributed by atoms with Gasteiger partial charge in [0.25, 0.3) is 0 Å². The molecule has 1 N–H and O–H groups in total. The summed E-state index contributed by atoms with van der Waals surface area (Å²) < 4.78 is 18.2. The molecule has 0 atom stereocenters. The molecule has 0 spiro atoms. The summed E-state index contributed by atoms with van der Waals surface area (Å²) in [6.07, 6.45) is 0. The first-order chi connectivity index (χ1) is 29.9. The molecular weight excluding hydrogens is 776 g/mol. The van der Waals surface area contributed by atoms with Gasteiger partial charge in [-0.15, -0.1) is 11.3 Å². The second-order valence-corrected chi connectivity index (χ2v) is 20.5. The van der Waals surface area contributed by atoms with Crippen LogP contribution < -0.4 is 16.2 Å². The third-order valence-electron chi connectivity index (χ3n) is 13.5. The molecule has 5 heterocycles. The molecule has 4 nitrogen and oxygen atoms in total. The van der Waals surface area contributed by atoms with Gasteiger partial charge in [-0.2, -0.15) is 0 Å². The van der Waals surface area contributed by atoms with Crippen molar-refractivity contribution in [3.8, 4) is 16.8 Å². The standard InChI is InChI=1S/C56H43BN2O2S/c1-55(2,3)30-15-18-32(19-16-30)58-44-28-52-42(41-23-31(56(4,5)6)17-22-51(41)62-52)24-37(44)35-20-21-36-38-27-49-40(34-12-8-10-14-48(34)60-49)26-45(38)59-46-29-50-39(25-43(46)57-53(35)54(36)59)33-11-7-9-13-47(33)61-50/h7-29,57-58H,1-6H3. The highest BCUT2D eigenvalue weighted by Gasteiger charge is 2.29. The Morgan fingerprint density at radius 1 is 0.500 bits per heavy atom. The second-order valence-electron chi connectivity index (χ2n) is 19.4. The van der Waals surface area contributed by atoms with E-state index in [9.17, 15) is 0 Å². The van der Waals surface area contributed by atoms with Crippen molar-refractivity contribution in [3.63, 3.8) is 0 Å². The van der Waals surface area contributed by atoms with Gasteiger partial charge < -0.3 is 18.7 Å². The van der Waals surface area contributed by atoms with Crippen LogP contribution in [0.3, 0.4) is 0 Å². The number of rotatable bonds is 3. The molecule has 0 radical (unpaired) electrons. The van der Waals surface area contributed by atoms with Crippen LogP contribution in [-0.4, -0.2) is 11.8 Å². The van der Waals surface area contributed by atoms with E-state index in [1.54, 1.807) is 0 Å². The average molecular weight is 819 g/mol. The first-order valence-electron chi connectivity index (χ1n) is 21.7. The number of benzene rings is 8. The van der Waals surface area contributed by atoms with Crippen LogP contribution in [0.1, 0.15) is 52.7 Å². The summed E-state index contributed by atoms with van der Waals surface area (Å²) in [5.74, 6) is 0. The minimum Gasteiger partial charge on any atom is -0.456 e. The van der Waals surface area contributed by atoms with Crippen molar-refractivity contribution in [3.05, 3.63) is 151 Å². The predicted molar refractivity (Wildman–Crippen MR) is 267 cm³/mol. The highest BCUT2D eigenvalue weighted by Crippen LogP contribution is 2.45. The molecule has 1 aliphatic rings. The first kappa shape index (κ1) is 35.9. The number of hydrogen-bond donors (Lipinski definition) is 1. The van der Waals surface area contributed by atoms with E-state index in [1.807, 2.05) is 17.4 Å². The fourth-order valence-electron chi connectivity index (χ4n) is 10.2. The average Bonchev–Trinajstić information content (AvgIpc) is 4.00. The number of para-hydroxylation sites is 2. The van der Waals surface area contributed by atoms with Crippen molar-refractivity contribution >= 4 is 127 Å². The van der Waals surface area contributed by atoms with E-state index in [2.05, 4.69) is 185 Å². The highest BCUT2D eigenvalue weighted by molar-refractivity contribution is 7.25. The molecule has 62 heavy (non-hydrogen) atoms. The van der Waals surface area contributed by atoms with Gasteiger partial charge in [-0.25, -0.2) is 0 Å². The molecule has 4 aromatic heterocycles. The lowest BCUT2D eigenvalue weighted by Gasteiger charge is -2.24. The minimum absolute atomic E-state index is 0.0427. The highest BCUT2D eigenvalue weighted by atomic mass is 32.1. The summed E-state index contributed by atoms with van der Waals surface area (Å²) in [5, 5.41) is 13.5. The predicted octanol–water partition coefficient (Wildman–Crippen LogP) is 14.7. The summed E-state index contributed by atoms with van der Waals surface area (Å²) in [6, 6.07) is 51.7. The zero-order chi connectivity index (χ0) is 41.8. The van der Waals surface area contributed by atoms with Crippen molar-refractivity contribution in [2.24, 2.45) is 0 Å². The Labute approximate surface area is 363 Å². The second kappa shape index (κ2) is 12.4. The molecule has 6 heteroatoms. The lowest BCUT2D eigenvalue weighted by atomic mass is 9.59. The number of fused-ring (bicyclic) bond motifs is 14. The van der Waals surface area contributed by atoms with E-state index in [0.29, 0.717) is 0 Å². The number of hydrogen-bond acceptors (Lipinski definition) is 4. The smallest absolute Gasteiger partial charge is 0.198 e. The van der Waals surface area contributed by atoms with Gasteiger partial charge in [0.2, 0.25) is 0 Å². The number of nitrogens with one attached hydrogen (secondary N) is 1. The van der Waals surface area contributed by atoms with E-state index in [4.69, 9.17) is 8.83 Å². The largest absolute Gasteiger partial charge is 0.456 e. The summed E-state index contributed by atoms with van der Waals surface area (Å²) in [4.78, 5) is 0. The van der Waals surface area contributed by atoms with Crippen molar-refractivity contribution in [1.82, 2.24) is 4.57 Å². The van der Waals surface area contributed by atoms with E-state index < -0.39 is 0 Å². The van der Waals surface area contributed by atoms with E-state index in [-0.39, 0.29) is 10.8 Å². The quantitative estimate of drug-likeness (QED) is 0.181. The Morgan fingerprint density at radius 3 is 1.89 bits per heavy atom. The number of nitrogens with zero attached hydrogens (tertiary/aromatic N) is 1. The monoisotopic (exact) mass is 818 g/mol. The van der Waals surface area contributed by atoms with Crippen molar-refractivity contribution in [2.45, 2.75) is 52.4 Å². The summed E-state index contributed by atoms with van der Waals surface area (Å²) in [5.41, 5.74) is 17.2. The maximum absolute atomic E-state index is 6.56. The summed E-state index contributed by atoms with van der Waals surface area (Å²) in [7, 11) is 0.781. The normalized spacial score (nSPS) is 13.1. The van der Waals surface area contributed by atoms with E-state index in [1.165, 1.54) is 80.8 Å². The Balaban J connectivity index is 1.11. The fraction of sp³-hybridized carbons (Fsp3) is 0.143. The van der Waals surface area contributed by atoms with Crippen LogP contribution in [0, 0.1) is 0 Å². The molecule has 0 amide bonds. The van der Waals surface area contributed by atoms with Gasteiger partial charge in [-0.05, 0) is 93.6 Å². The summed E-state index contributed by atoms with van der Waals surface area (Å²) >= 11 is 1.88. The van der Waals surface area contributed by atoms with Crippen LogP contribution in [-0.2, 0) is 10.8 Å². The zero-order valence-electron chi connectivity index (χ0n) is 35.7. The van der Waals surface area contributed by atoms with Crippen LogP contribution >= 0.6 is 11.3 Å². The van der Waals surface area contributed by atoms with Gasteiger partial charge in [0.15, 0.2) is 7.28 Å². The third-order valence-corrected chi connectivity index (χ3v) is 14.6. The Morgan fingerprint density at radius 2 is 1.16 bits per heavy atom. The molecule has 298 valence electrons. The molecule has 0 bridgehead atoms. The molecule has 13 rings (SSSR count). The van der Waals surface area contributed by atoms with Gasteiger partial charge in [-0.3, -0.25) is 0 Å². The van der Waals surface area contributed by atoms with Gasteiger partial charge in [0.1, 0.15) is 22.3 Å². The molecule has 0 unspecified atom stereocenters. The Kier molecular flexibility index (Phi) is 7.21. The van der Waals surface area contributed by atoms with Gasteiger partial charge >= 0.3 is 0 Å². The van der Waals surface area contributed by atoms with Gasteiger partial charge in [0.05, 0.1) is 5.52 Å². The van der Waals surface area contributed by atoms with E-state index >= 15 is 0 Å². The Hall–Kier alpha value is -6.76. The van der Waals surface area contributed by atoms with Crippen LogP contribution in [0.25, 0.3) is 103 Å². The number of aromatic nitrogens is 1. The minimum atomic E-state index is 0.0427. The number of furan rings is 2. The topological polar surface area (TPSA) is 43.2 Å². The molecule has 8 aromatic carbocycles. The molecule has 12 aromatic rings. The number of thiophene rings is 1. The maximum Gasteiger partial charge on any atom is 0.198 e.